The van der Waals surface area contributed by atoms with Gasteiger partial charge < -0.3 is 4.74 Å². The van der Waals surface area contributed by atoms with Crippen molar-refractivity contribution in [2.45, 2.75) is 6.61 Å². The summed E-state index contributed by atoms with van der Waals surface area (Å²) in [7, 11) is 0. The first-order valence-corrected chi connectivity index (χ1v) is 6.94. The van der Waals surface area contributed by atoms with E-state index in [9.17, 15) is 0 Å². The molecule has 3 nitrogen and oxygen atoms in total. The molecule has 0 N–H and O–H groups in total. The van der Waals surface area contributed by atoms with E-state index in [0.717, 1.165) is 16.8 Å². The Morgan fingerprint density at radius 1 is 0.905 bits per heavy atom. The van der Waals surface area contributed by atoms with Crippen LogP contribution in [0, 0.1) is 0 Å². The molecule has 0 bridgehead atoms. The molecule has 0 radical (unpaired) electrons. The van der Waals surface area contributed by atoms with Crippen LogP contribution in [-0.4, -0.2) is 9.97 Å². The molecule has 1 aromatic heterocycles. The number of halogens is 1. The Kier molecular flexibility index (Phi) is 4.12. The Morgan fingerprint density at radius 2 is 1.67 bits per heavy atom. The van der Waals surface area contributed by atoms with Crippen molar-refractivity contribution in [3.63, 3.8) is 0 Å². The van der Waals surface area contributed by atoms with E-state index in [1.165, 1.54) is 0 Å². The average molecular weight is 297 g/mol. The van der Waals surface area contributed by atoms with E-state index < -0.39 is 0 Å². The van der Waals surface area contributed by atoms with Crippen LogP contribution in [-0.2, 0) is 6.61 Å². The van der Waals surface area contributed by atoms with Gasteiger partial charge in [0.25, 0.3) is 0 Å². The lowest BCUT2D eigenvalue weighted by Crippen LogP contribution is -1.98. The van der Waals surface area contributed by atoms with E-state index >= 15 is 0 Å². The van der Waals surface area contributed by atoms with E-state index in [1.807, 2.05) is 54.6 Å². The van der Waals surface area contributed by atoms with Crippen LogP contribution in [0.5, 0.6) is 5.88 Å². The standard InChI is InChI=1S/C17H13ClN2O/c18-15-8-6-14(7-9-15)16-10-19-11-17(20-16)21-12-13-4-2-1-3-5-13/h1-11H,12H2. The molecule has 2 aromatic carbocycles. The van der Waals surface area contributed by atoms with Crippen molar-refractivity contribution < 1.29 is 4.74 Å². The molecule has 0 unspecified atom stereocenters. The quantitative estimate of drug-likeness (QED) is 0.717. The van der Waals surface area contributed by atoms with Crippen LogP contribution >= 0.6 is 11.6 Å². The lowest BCUT2D eigenvalue weighted by atomic mass is 10.2. The molecule has 4 heteroatoms. The molecule has 0 aliphatic rings. The summed E-state index contributed by atoms with van der Waals surface area (Å²) in [5.74, 6) is 0.506. The summed E-state index contributed by atoms with van der Waals surface area (Å²) < 4.78 is 5.68. The van der Waals surface area contributed by atoms with Gasteiger partial charge in [-0.05, 0) is 17.7 Å². The second-order valence-electron chi connectivity index (χ2n) is 4.52. The summed E-state index contributed by atoms with van der Waals surface area (Å²) >= 11 is 5.89. The van der Waals surface area contributed by atoms with Crippen molar-refractivity contribution in [2.24, 2.45) is 0 Å². The second kappa shape index (κ2) is 6.37. The molecule has 3 rings (SSSR count). The minimum atomic E-state index is 0.472. The van der Waals surface area contributed by atoms with Gasteiger partial charge >= 0.3 is 0 Å². The summed E-state index contributed by atoms with van der Waals surface area (Å²) in [6.45, 7) is 0.472. The molecule has 0 aliphatic heterocycles. The van der Waals surface area contributed by atoms with Crippen molar-refractivity contribution in [3.05, 3.63) is 77.6 Å². The SMILES string of the molecule is Clc1ccc(-c2cncc(OCc3ccccc3)n2)cc1. The Balaban J connectivity index is 1.75. The Bertz CT molecular complexity index is 714. The lowest BCUT2D eigenvalue weighted by Gasteiger charge is -2.07. The number of nitrogens with zero attached hydrogens (tertiary/aromatic N) is 2. The first-order valence-electron chi connectivity index (χ1n) is 6.56. The second-order valence-corrected chi connectivity index (χ2v) is 4.96. The highest BCUT2D eigenvalue weighted by Gasteiger charge is 2.03. The van der Waals surface area contributed by atoms with E-state index in [1.54, 1.807) is 12.4 Å². The molecule has 0 amide bonds. The van der Waals surface area contributed by atoms with Crippen molar-refractivity contribution in [1.29, 1.82) is 0 Å². The van der Waals surface area contributed by atoms with Crippen molar-refractivity contribution in [2.75, 3.05) is 0 Å². The highest BCUT2D eigenvalue weighted by molar-refractivity contribution is 6.30. The molecule has 0 fully saturated rings. The van der Waals surface area contributed by atoms with Crippen molar-refractivity contribution in [1.82, 2.24) is 9.97 Å². The molecule has 0 aliphatic carbocycles. The molecule has 0 spiro atoms. The number of aromatic nitrogens is 2. The van der Waals surface area contributed by atoms with Crippen LogP contribution in [0.4, 0.5) is 0 Å². The predicted octanol–water partition coefficient (Wildman–Crippen LogP) is 4.38. The van der Waals surface area contributed by atoms with Crippen LogP contribution in [0.1, 0.15) is 5.56 Å². The molecule has 0 saturated carbocycles. The molecule has 0 atom stereocenters. The fourth-order valence-corrected chi connectivity index (χ4v) is 2.03. The maximum Gasteiger partial charge on any atom is 0.233 e. The maximum atomic E-state index is 5.89. The summed E-state index contributed by atoms with van der Waals surface area (Å²) in [6.07, 6.45) is 3.32. The van der Waals surface area contributed by atoms with Gasteiger partial charge in [-0.2, -0.15) is 0 Å². The molecule has 1 heterocycles. The lowest BCUT2D eigenvalue weighted by molar-refractivity contribution is 0.293. The smallest absolute Gasteiger partial charge is 0.233 e. The summed E-state index contributed by atoms with van der Waals surface area (Å²) in [6, 6.07) is 17.4. The van der Waals surface area contributed by atoms with Crippen LogP contribution in [0.3, 0.4) is 0 Å². The molecular weight excluding hydrogens is 284 g/mol. The van der Waals surface area contributed by atoms with Crippen LogP contribution in [0.15, 0.2) is 67.0 Å². The Hall–Kier alpha value is -2.39. The number of rotatable bonds is 4. The van der Waals surface area contributed by atoms with Gasteiger partial charge in [-0.3, -0.25) is 4.98 Å². The molecule has 21 heavy (non-hydrogen) atoms. The topological polar surface area (TPSA) is 35.0 Å². The average Bonchev–Trinajstić information content (AvgIpc) is 2.55. The van der Waals surface area contributed by atoms with E-state index in [0.29, 0.717) is 17.5 Å². The van der Waals surface area contributed by atoms with Gasteiger partial charge in [0.2, 0.25) is 5.88 Å². The molecule has 0 saturated heterocycles. The zero-order chi connectivity index (χ0) is 14.5. The van der Waals surface area contributed by atoms with Gasteiger partial charge in [-0.1, -0.05) is 54.1 Å². The summed E-state index contributed by atoms with van der Waals surface area (Å²) in [4.78, 5) is 8.64. The third-order valence-corrected chi connectivity index (χ3v) is 3.23. The zero-order valence-electron chi connectivity index (χ0n) is 11.2. The van der Waals surface area contributed by atoms with Crippen molar-refractivity contribution >= 4 is 11.6 Å². The number of hydrogen-bond acceptors (Lipinski definition) is 3. The third kappa shape index (κ3) is 3.58. The van der Waals surface area contributed by atoms with Gasteiger partial charge in [-0.15, -0.1) is 0 Å². The van der Waals surface area contributed by atoms with Gasteiger partial charge in [0.15, 0.2) is 0 Å². The van der Waals surface area contributed by atoms with Crippen LogP contribution < -0.4 is 4.74 Å². The number of ether oxygens (including phenoxy) is 1. The highest BCUT2D eigenvalue weighted by Crippen LogP contribution is 2.21. The minimum Gasteiger partial charge on any atom is -0.472 e. The number of benzene rings is 2. The summed E-state index contributed by atoms with van der Waals surface area (Å²) in [5.41, 5.74) is 2.81. The zero-order valence-corrected chi connectivity index (χ0v) is 12.0. The van der Waals surface area contributed by atoms with Gasteiger partial charge in [0, 0.05) is 10.6 Å². The predicted molar refractivity (Wildman–Crippen MR) is 83.3 cm³/mol. The Labute approximate surface area is 128 Å². The molecule has 3 aromatic rings. The van der Waals surface area contributed by atoms with E-state index in [-0.39, 0.29) is 0 Å². The van der Waals surface area contributed by atoms with Crippen LogP contribution in [0.2, 0.25) is 5.02 Å². The van der Waals surface area contributed by atoms with Gasteiger partial charge in [-0.25, -0.2) is 4.98 Å². The third-order valence-electron chi connectivity index (χ3n) is 2.98. The molecule has 104 valence electrons. The summed E-state index contributed by atoms with van der Waals surface area (Å²) in [5, 5.41) is 0.697. The van der Waals surface area contributed by atoms with Crippen LogP contribution in [0.25, 0.3) is 11.3 Å². The van der Waals surface area contributed by atoms with Gasteiger partial charge in [0.1, 0.15) is 6.61 Å². The monoisotopic (exact) mass is 296 g/mol. The minimum absolute atomic E-state index is 0.472. The fraction of sp³-hybridized carbons (Fsp3) is 0.0588. The fourth-order valence-electron chi connectivity index (χ4n) is 1.91. The van der Waals surface area contributed by atoms with E-state index in [2.05, 4.69) is 9.97 Å². The van der Waals surface area contributed by atoms with E-state index in [4.69, 9.17) is 16.3 Å². The maximum absolute atomic E-state index is 5.89. The number of hydrogen-bond donors (Lipinski definition) is 0. The Morgan fingerprint density at radius 3 is 2.43 bits per heavy atom. The highest BCUT2D eigenvalue weighted by atomic mass is 35.5. The molecular formula is C17H13ClN2O. The largest absolute Gasteiger partial charge is 0.472 e. The normalized spacial score (nSPS) is 10.3. The first-order chi connectivity index (χ1) is 10.3. The van der Waals surface area contributed by atoms with Crippen molar-refractivity contribution in [3.8, 4) is 17.1 Å². The van der Waals surface area contributed by atoms with Gasteiger partial charge in [0.05, 0.1) is 18.1 Å². The first kappa shape index (κ1) is 13.6.